The van der Waals surface area contributed by atoms with Crippen LogP contribution in [-0.4, -0.2) is 69.0 Å². The SMILES string of the molecule is COCCN(CCOC)CC(=O)C1Cc2oc3c(Cl)cccc3c2C(N)(NC(=O)c2ccccc2)C1Cl. The van der Waals surface area contributed by atoms with Gasteiger partial charge in [0.05, 0.1) is 30.2 Å². The van der Waals surface area contributed by atoms with Gasteiger partial charge in [-0.3, -0.25) is 14.5 Å². The molecule has 1 aromatic heterocycles. The van der Waals surface area contributed by atoms with Gasteiger partial charge >= 0.3 is 0 Å². The number of fused-ring (bicyclic) bond motifs is 3. The number of nitrogens with two attached hydrogens (primary N) is 1. The predicted molar refractivity (Wildman–Crippen MR) is 143 cm³/mol. The van der Waals surface area contributed by atoms with Crippen LogP contribution >= 0.6 is 23.2 Å². The highest BCUT2D eigenvalue weighted by Crippen LogP contribution is 2.45. The Morgan fingerprint density at radius 1 is 1.11 bits per heavy atom. The molecule has 3 aromatic rings. The van der Waals surface area contributed by atoms with E-state index in [0.29, 0.717) is 59.2 Å². The normalized spacial score (nSPS) is 21.2. The number of hydrogen-bond acceptors (Lipinski definition) is 7. The molecule has 0 aliphatic heterocycles. The maximum atomic E-state index is 13.6. The van der Waals surface area contributed by atoms with Crippen LogP contribution < -0.4 is 11.1 Å². The molecule has 1 aliphatic carbocycles. The van der Waals surface area contributed by atoms with Gasteiger partial charge < -0.3 is 24.9 Å². The van der Waals surface area contributed by atoms with Crippen molar-refractivity contribution in [2.75, 3.05) is 47.1 Å². The molecule has 0 fully saturated rings. The van der Waals surface area contributed by atoms with E-state index in [4.69, 9.17) is 42.8 Å². The zero-order chi connectivity index (χ0) is 26.6. The van der Waals surface area contributed by atoms with E-state index in [0.717, 1.165) is 0 Å². The second-order valence-corrected chi connectivity index (χ2v) is 10.0. The number of ether oxygens (including phenoxy) is 2. The number of furan rings is 1. The summed E-state index contributed by atoms with van der Waals surface area (Å²) in [6, 6.07) is 14.0. The first-order chi connectivity index (χ1) is 17.8. The number of rotatable bonds is 11. The zero-order valence-corrected chi connectivity index (χ0v) is 22.3. The number of amides is 1. The molecule has 3 unspecified atom stereocenters. The molecule has 0 saturated carbocycles. The third-order valence-corrected chi connectivity index (χ3v) is 7.67. The predicted octanol–water partition coefficient (Wildman–Crippen LogP) is 3.57. The maximum Gasteiger partial charge on any atom is 0.253 e. The Morgan fingerprint density at radius 2 is 1.78 bits per heavy atom. The molecule has 4 rings (SSSR count). The molecule has 8 nitrogen and oxygen atoms in total. The molecule has 3 N–H and O–H groups in total. The van der Waals surface area contributed by atoms with E-state index in [-0.39, 0.29) is 18.7 Å². The van der Waals surface area contributed by atoms with Gasteiger partial charge in [-0.15, -0.1) is 11.6 Å². The quantitative estimate of drug-likeness (QED) is 0.279. The molecule has 2 aromatic carbocycles. The van der Waals surface area contributed by atoms with Crippen LogP contribution in [0.5, 0.6) is 0 Å². The number of nitrogens with one attached hydrogen (secondary N) is 1. The van der Waals surface area contributed by atoms with Crippen LogP contribution in [0.3, 0.4) is 0 Å². The Hall–Kier alpha value is -2.46. The van der Waals surface area contributed by atoms with Crippen molar-refractivity contribution in [3.63, 3.8) is 0 Å². The van der Waals surface area contributed by atoms with E-state index in [1.165, 1.54) is 0 Å². The number of alkyl halides is 1. The van der Waals surface area contributed by atoms with Gasteiger partial charge in [0.2, 0.25) is 0 Å². The van der Waals surface area contributed by atoms with Gasteiger partial charge in [0.25, 0.3) is 5.91 Å². The minimum atomic E-state index is -1.60. The number of para-hydroxylation sites is 1. The molecule has 0 radical (unpaired) electrons. The fourth-order valence-corrected chi connectivity index (χ4v) is 5.40. The van der Waals surface area contributed by atoms with Crippen molar-refractivity contribution in [3.05, 3.63) is 70.4 Å². The molecule has 10 heteroatoms. The van der Waals surface area contributed by atoms with Gasteiger partial charge in [-0.25, -0.2) is 0 Å². The van der Waals surface area contributed by atoms with Crippen LogP contribution in [0.1, 0.15) is 21.7 Å². The largest absolute Gasteiger partial charge is 0.459 e. The lowest BCUT2D eigenvalue weighted by atomic mass is 9.76. The summed E-state index contributed by atoms with van der Waals surface area (Å²) in [5.74, 6) is -0.768. The van der Waals surface area contributed by atoms with Crippen LogP contribution in [0.15, 0.2) is 52.9 Å². The monoisotopic (exact) mass is 547 g/mol. The number of methoxy groups -OCH3 is 2. The number of carbonyl (C=O) groups is 2. The van der Waals surface area contributed by atoms with Gasteiger partial charge in [-0.2, -0.15) is 0 Å². The van der Waals surface area contributed by atoms with Crippen LogP contribution in [-0.2, 0) is 26.4 Å². The third kappa shape index (κ3) is 5.70. The molecule has 0 saturated heterocycles. The Bertz CT molecular complexity index is 1240. The maximum absolute atomic E-state index is 13.6. The molecule has 1 heterocycles. The summed E-state index contributed by atoms with van der Waals surface area (Å²) in [6.45, 7) is 2.16. The molecule has 1 amide bonds. The Labute approximate surface area is 226 Å². The van der Waals surface area contributed by atoms with E-state index in [9.17, 15) is 9.59 Å². The fraction of sp³-hybridized carbons (Fsp3) is 0.407. The van der Waals surface area contributed by atoms with Gasteiger partial charge in [0.1, 0.15) is 11.4 Å². The highest BCUT2D eigenvalue weighted by Gasteiger charge is 2.52. The molecular weight excluding hydrogens is 517 g/mol. The zero-order valence-electron chi connectivity index (χ0n) is 20.8. The van der Waals surface area contributed by atoms with Crippen molar-refractivity contribution in [2.24, 2.45) is 11.7 Å². The van der Waals surface area contributed by atoms with Gasteiger partial charge in [0.15, 0.2) is 11.4 Å². The van der Waals surface area contributed by atoms with E-state index in [1.807, 2.05) is 17.0 Å². The van der Waals surface area contributed by atoms with Crippen LogP contribution in [0.2, 0.25) is 5.02 Å². The Balaban J connectivity index is 1.72. The molecule has 198 valence electrons. The van der Waals surface area contributed by atoms with Crippen LogP contribution in [0, 0.1) is 5.92 Å². The molecular formula is C27H31Cl2N3O5. The molecule has 3 atom stereocenters. The van der Waals surface area contributed by atoms with Crippen molar-refractivity contribution in [2.45, 2.75) is 17.5 Å². The van der Waals surface area contributed by atoms with Crippen molar-refractivity contribution in [1.82, 2.24) is 10.2 Å². The lowest BCUT2D eigenvalue weighted by Crippen LogP contribution is -2.64. The number of carbonyl (C=O) groups excluding carboxylic acids is 2. The van der Waals surface area contributed by atoms with Crippen molar-refractivity contribution in [1.29, 1.82) is 0 Å². The topological polar surface area (TPSA) is 107 Å². The Morgan fingerprint density at radius 3 is 2.43 bits per heavy atom. The number of nitrogens with zero attached hydrogens (tertiary/aromatic N) is 1. The second kappa shape index (κ2) is 11.9. The van der Waals surface area contributed by atoms with Gasteiger partial charge in [-0.05, 0) is 18.2 Å². The van der Waals surface area contributed by atoms with Crippen molar-refractivity contribution >= 4 is 45.9 Å². The molecule has 1 aliphatic rings. The van der Waals surface area contributed by atoms with Gasteiger partial charge in [0, 0.05) is 56.2 Å². The standard InChI is InChI=1S/C27H31Cl2N3O5/c1-35-13-11-32(12-14-36-2)16-21(33)19-15-22-23(18-9-6-10-20(28)24(18)37-22)27(30,25(19)29)31-26(34)17-7-4-3-5-8-17/h3-10,19,25H,11-16,30H2,1-2H3,(H,31,34). The average Bonchev–Trinajstić information content (AvgIpc) is 3.29. The summed E-state index contributed by atoms with van der Waals surface area (Å²) in [6.07, 6.45) is 0.232. The van der Waals surface area contributed by atoms with E-state index < -0.39 is 22.9 Å². The first-order valence-electron chi connectivity index (χ1n) is 12.0. The first-order valence-corrected chi connectivity index (χ1v) is 12.9. The lowest BCUT2D eigenvalue weighted by Gasteiger charge is -2.42. The number of Topliss-reactive ketones (excluding diaryl/α,β-unsaturated/α-hetero) is 1. The van der Waals surface area contributed by atoms with E-state index in [2.05, 4.69) is 5.32 Å². The smallest absolute Gasteiger partial charge is 0.253 e. The minimum Gasteiger partial charge on any atom is -0.459 e. The minimum absolute atomic E-state index is 0.117. The number of halogens is 2. The van der Waals surface area contributed by atoms with Crippen molar-refractivity contribution in [3.8, 4) is 0 Å². The summed E-state index contributed by atoms with van der Waals surface area (Å²) in [7, 11) is 3.22. The van der Waals surface area contributed by atoms with E-state index >= 15 is 0 Å². The van der Waals surface area contributed by atoms with E-state index in [1.54, 1.807) is 50.6 Å². The van der Waals surface area contributed by atoms with Crippen LogP contribution in [0.4, 0.5) is 0 Å². The number of benzene rings is 2. The second-order valence-electron chi connectivity index (χ2n) is 9.15. The molecule has 0 spiro atoms. The summed E-state index contributed by atoms with van der Waals surface area (Å²) in [4.78, 5) is 28.8. The van der Waals surface area contributed by atoms with Crippen molar-refractivity contribution < 1.29 is 23.5 Å². The highest BCUT2D eigenvalue weighted by atomic mass is 35.5. The molecule has 0 bridgehead atoms. The average molecular weight is 548 g/mol. The highest BCUT2D eigenvalue weighted by molar-refractivity contribution is 6.35. The number of hydrogen-bond donors (Lipinski definition) is 2. The summed E-state index contributed by atoms with van der Waals surface area (Å²) in [5.41, 5.74) is 6.76. The lowest BCUT2D eigenvalue weighted by molar-refractivity contribution is -0.125. The number of ketones is 1. The van der Waals surface area contributed by atoms with Gasteiger partial charge in [-0.1, -0.05) is 41.9 Å². The summed E-state index contributed by atoms with van der Waals surface area (Å²) < 4.78 is 16.5. The summed E-state index contributed by atoms with van der Waals surface area (Å²) >= 11 is 13.5. The first kappa shape index (κ1) is 27.6. The Kier molecular flexibility index (Phi) is 8.90. The fourth-order valence-electron chi connectivity index (χ4n) is 4.80. The van der Waals surface area contributed by atoms with Crippen LogP contribution in [0.25, 0.3) is 11.0 Å². The third-order valence-electron chi connectivity index (χ3n) is 6.72. The summed E-state index contributed by atoms with van der Waals surface area (Å²) in [5, 5.41) is 3.02. The molecule has 37 heavy (non-hydrogen) atoms.